The van der Waals surface area contributed by atoms with Gasteiger partial charge in [0.15, 0.2) is 11.5 Å². The van der Waals surface area contributed by atoms with Gasteiger partial charge in [-0.3, -0.25) is 4.98 Å². The predicted octanol–water partition coefficient (Wildman–Crippen LogP) is 2.43. The summed E-state index contributed by atoms with van der Waals surface area (Å²) in [4.78, 5) is 3.60. The molecule has 16 heavy (non-hydrogen) atoms. The van der Waals surface area contributed by atoms with Crippen LogP contribution in [0.3, 0.4) is 0 Å². The average Bonchev–Trinajstić information content (AvgIpc) is 2.19. The Morgan fingerprint density at radius 2 is 2.12 bits per heavy atom. The van der Waals surface area contributed by atoms with Crippen LogP contribution in [0.4, 0.5) is 13.2 Å². The Morgan fingerprint density at radius 1 is 1.50 bits per heavy atom. The van der Waals surface area contributed by atoms with Crippen molar-refractivity contribution in [2.45, 2.75) is 12.2 Å². The first-order chi connectivity index (χ1) is 7.39. The second-order valence-electron chi connectivity index (χ2n) is 2.63. The maximum Gasteiger partial charge on any atom is 0.573 e. The van der Waals surface area contributed by atoms with E-state index in [1.54, 1.807) is 0 Å². The van der Waals surface area contributed by atoms with E-state index in [2.05, 4.69) is 14.5 Å². The number of nitrogens with zero attached hydrogens (tertiary/aromatic N) is 1. The minimum atomic E-state index is -4.93. The van der Waals surface area contributed by atoms with E-state index in [1.807, 2.05) is 0 Å². The van der Waals surface area contributed by atoms with Gasteiger partial charge in [0, 0.05) is 0 Å². The molecule has 0 unspecified atom stereocenters. The molecule has 0 aliphatic rings. The number of pyridine rings is 1. The first-order valence-electron chi connectivity index (χ1n) is 3.95. The second-order valence-corrected chi connectivity index (χ2v) is 2.90. The summed E-state index contributed by atoms with van der Waals surface area (Å²) in [6.45, 7) is 0. The fourth-order valence-corrected chi connectivity index (χ4v) is 1.16. The van der Waals surface area contributed by atoms with E-state index >= 15 is 0 Å². The van der Waals surface area contributed by atoms with Gasteiger partial charge in [-0.2, -0.15) is 0 Å². The van der Waals surface area contributed by atoms with Crippen LogP contribution in [0.25, 0.3) is 0 Å². The lowest BCUT2D eigenvalue weighted by Gasteiger charge is -2.14. The zero-order valence-corrected chi connectivity index (χ0v) is 8.76. The van der Waals surface area contributed by atoms with E-state index in [4.69, 9.17) is 11.6 Å². The van der Waals surface area contributed by atoms with Crippen LogP contribution in [0.5, 0.6) is 17.2 Å². The molecule has 0 saturated carbocycles. The van der Waals surface area contributed by atoms with E-state index in [0.29, 0.717) is 0 Å². The van der Waals surface area contributed by atoms with Crippen molar-refractivity contribution in [1.29, 1.82) is 0 Å². The number of rotatable bonds is 3. The summed E-state index contributed by atoms with van der Waals surface area (Å²) in [5, 5.41) is 9.41. The predicted molar refractivity (Wildman–Crippen MR) is 48.7 cm³/mol. The van der Waals surface area contributed by atoms with Crippen LogP contribution in [0.2, 0.25) is 0 Å². The van der Waals surface area contributed by atoms with Gasteiger partial charge in [0.2, 0.25) is 5.75 Å². The summed E-state index contributed by atoms with van der Waals surface area (Å²) in [5.41, 5.74) is -0.123. The number of hydrogen-bond donors (Lipinski definition) is 1. The summed E-state index contributed by atoms with van der Waals surface area (Å²) >= 11 is 5.37. The molecule has 1 aromatic heterocycles. The summed E-state index contributed by atoms with van der Waals surface area (Å²) in [6.07, 6.45) is -3.95. The summed E-state index contributed by atoms with van der Waals surface area (Å²) < 4.78 is 44.3. The molecule has 4 nitrogen and oxygen atoms in total. The van der Waals surface area contributed by atoms with Gasteiger partial charge in [0.1, 0.15) is 5.69 Å². The van der Waals surface area contributed by atoms with Gasteiger partial charge in [-0.1, -0.05) is 0 Å². The normalized spacial score (nSPS) is 11.3. The Balaban J connectivity index is 3.21. The molecule has 1 N–H and O–H groups in total. The van der Waals surface area contributed by atoms with Crippen molar-refractivity contribution in [2.75, 3.05) is 7.11 Å². The molecule has 1 heterocycles. The number of methoxy groups -OCH3 is 1. The lowest BCUT2D eigenvalue weighted by molar-refractivity contribution is -0.275. The van der Waals surface area contributed by atoms with Gasteiger partial charge in [-0.25, -0.2) is 0 Å². The highest BCUT2D eigenvalue weighted by Gasteiger charge is 2.34. The van der Waals surface area contributed by atoms with Gasteiger partial charge in [-0.15, -0.1) is 24.8 Å². The Labute approximate surface area is 93.6 Å². The number of aromatic nitrogens is 1. The highest BCUT2D eigenvalue weighted by atomic mass is 35.5. The molecule has 0 fully saturated rings. The Bertz CT molecular complexity index is 384. The topological polar surface area (TPSA) is 51.6 Å². The highest BCUT2D eigenvalue weighted by molar-refractivity contribution is 6.17. The van der Waals surface area contributed by atoms with Crippen molar-refractivity contribution in [1.82, 2.24) is 4.98 Å². The Morgan fingerprint density at radius 3 is 2.56 bits per heavy atom. The maximum atomic E-state index is 12.0. The molecule has 0 spiro atoms. The van der Waals surface area contributed by atoms with Crippen molar-refractivity contribution in [3.63, 3.8) is 0 Å². The van der Waals surface area contributed by atoms with Crippen molar-refractivity contribution in [3.8, 4) is 17.2 Å². The molecule has 0 aliphatic heterocycles. The Hall–Kier alpha value is -1.37. The monoisotopic (exact) mass is 257 g/mol. The smallest absolute Gasteiger partial charge is 0.503 e. The van der Waals surface area contributed by atoms with Gasteiger partial charge in [0.05, 0.1) is 19.2 Å². The number of ether oxygens (including phenoxy) is 2. The van der Waals surface area contributed by atoms with Crippen molar-refractivity contribution >= 4 is 11.6 Å². The molecule has 0 saturated heterocycles. The quantitative estimate of drug-likeness (QED) is 0.845. The summed E-state index contributed by atoms with van der Waals surface area (Å²) in [6, 6.07) is 0. The number of alkyl halides is 4. The zero-order chi connectivity index (χ0) is 12.3. The number of aromatic hydroxyl groups is 1. The van der Waals surface area contributed by atoms with Crippen LogP contribution in [-0.2, 0) is 5.88 Å². The van der Waals surface area contributed by atoms with E-state index in [1.165, 1.54) is 0 Å². The van der Waals surface area contributed by atoms with Crippen LogP contribution in [-0.4, -0.2) is 23.6 Å². The fraction of sp³-hybridized carbons (Fsp3) is 0.375. The summed E-state index contributed by atoms with van der Waals surface area (Å²) in [7, 11) is 1.13. The minimum Gasteiger partial charge on any atom is -0.503 e. The average molecular weight is 258 g/mol. The molecule has 0 bridgehead atoms. The molecule has 1 aromatic rings. The van der Waals surface area contributed by atoms with Crippen molar-refractivity contribution in [2.24, 2.45) is 0 Å². The van der Waals surface area contributed by atoms with E-state index in [-0.39, 0.29) is 17.3 Å². The van der Waals surface area contributed by atoms with Crippen LogP contribution in [0.1, 0.15) is 5.69 Å². The molecule has 1 rings (SSSR count). The second kappa shape index (κ2) is 4.65. The van der Waals surface area contributed by atoms with Gasteiger partial charge in [-0.05, 0) is 0 Å². The molecule has 0 aromatic carbocycles. The standard InChI is InChI=1S/C8H7ClF3NO3/c1-15-5-3-13-4(2-9)6(14)7(5)16-8(10,11)12/h3,14H,2H2,1H3. The minimum absolute atomic E-state index is 0.123. The molecule has 8 heteroatoms. The Kier molecular flexibility index (Phi) is 3.69. The molecular formula is C8H7ClF3NO3. The van der Waals surface area contributed by atoms with Crippen LogP contribution >= 0.6 is 11.6 Å². The number of halogens is 4. The van der Waals surface area contributed by atoms with Gasteiger partial charge in [0.25, 0.3) is 0 Å². The molecular weight excluding hydrogens is 251 g/mol. The van der Waals surface area contributed by atoms with E-state index in [9.17, 15) is 18.3 Å². The molecule has 0 atom stereocenters. The first kappa shape index (κ1) is 12.7. The largest absolute Gasteiger partial charge is 0.573 e. The van der Waals surface area contributed by atoms with Crippen LogP contribution in [0.15, 0.2) is 6.20 Å². The summed E-state index contributed by atoms with van der Waals surface area (Å²) in [5.74, 6) is -2.21. The zero-order valence-electron chi connectivity index (χ0n) is 8.01. The van der Waals surface area contributed by atoms with Gasteiger partial charge < -0.3 is 14.6 Å². The third kappa shape index (κ3) is 2.82. The molecule has 90 valence electrons. The maximum absolute atomic E-state index is 12.0. The van der Waals surface area contributed by atoms with Gasteiger partial charge >= 0.3 is 6.36 Å². The van der Waals surface area contributed by atoms with Crippen LogP contribution in [0, 0.1) is 0 Å². The van der Waals surface area contributed by atoms with Crippen molar-refractivity contribution < 1.29 is 27.8 Å². The lowest BCUT2D eigenvalue weighted by atomic mass is 10.3. The third-order valence-electron chi connectivity index (χ3n) is 1.61. The number of hydrogen-bond acceptors (Lipinski definition) is 4. The molecule has 0 aliphatic carbocycles. The van der Waals surface area contributed by atoms with Crippen LogP contribution < -0.4 is 9.47 Å². The van der Waals surface area contributed by atoms with E-state index < -0.39 is 17.9 Å². The van der Waals surface area contributed by atoms with Crippen molar-refractivity contribution in [3.05, 3.63) is 11.9 Å². The first-order valence-corrected chi connectivity index (χ1v) is 4.49. The fourth-order valence-electron chi connectivity index (χ4n) is 0.962. The third-order valence-corrected chi connectivity index (χ3v) is 1.87. The molecule has 0 amide bonds. The lowest BCUT2D eigenvalue weighted by Crippen LogP contribution is -2.18. The van der Waals surface area contributed by atoms with E-state index in [0.717, 1.165) is 13.3 Å². The SMILES string of the molecule is COc1cnc(CCl)c(O)c1OC(F)(F)F. The molecule has 0 radical (unpaired) electrons. The highest BCUT2D eigenvalue weighted by Crippen LogP contribution is 2.41.